The second kappa shape index (κ2) is 8.54. The van der Waals surface area contributed by atoms with Gasteiger partial charge in [-0.3, -0.25) is 14.9 Å². The normalized spacial score (nSPS) is 14.7. The molecule has 0 spiro atoms. The summed E-state index contributed by atoms with van der Waals surface area (Å²) in [5.41, 5.74) is 1.87. The highest BCUT2D eigenvalue weighted by Gasteiger charge is 2.33. The number of ether oxygens (including phenoxy) is 2. The van der Waals surface area contributed by atoms with Crippen molar-refractivity contribution in [3.63, 3.8) is 0 Å². The lowest BCUT2D eigenvalue weighted by molar-refractivity contribution is -0.117. The number of aryl methyl sites for hydroxylation is 1. The number of nitrogens with one attached hydrogen (secondary N) is 2. The molecule has 1 heterocycles. The van der Waals surface area contributed by atoms with E-state index >= 15 is 0 Å². The van der Waals surface area contributed by atoms with Gasteiger partial charge in [0.25, 0.3) is 5.91 Å². The number of benzene rings is 2. The van der Waals surface area contributed by atoms with Crippen molar-refractivity contribution in [2.75, 3.05) is 24.9 Å². The molecule has 7 nitrogen and oxygen atoms in total. The van der Waals surface area contributed by atoms with Gasteiger partial charge < -0.3 is 14.8 Å². The Kier molecular flexibility index (Phi) is 5.67. The van der Waals surface area contributed by atoms with Crippen molar-refractivity contribution in [1.29, 1.82) is 0 Å². The number of thiazole rings is 1. The smallest absolute Gasteiger partial charge is 0.257 e. The van der Waals surface area contributed by atoms with Crippen molar-refractivity contribution in [2.45, 2.75) is 18.8 Å². The Labute approximate surface area is 178 Å². The zero-order valence-electron chi connectivity index (χ0n) is 16.6. The summed E-state index contributed by atoms with van der Waals surface area (Å²) in [5, 5.41) is 6.27. The lowest BCUT2D eigenvalue weighted by atomic mass is 10.1. The zero-order chi connectivity index (χ0) is 21.1. The number of carbonyl (C=O) groups excluding carboxylic acids is 2. The van der Waals surface area contributed by atoms with Crippen LogP contribution >= 0.6 is 11.3 Å². The van der Waals surface area contributed by atoms with Crippen LogP contribution in [-0.4, -0.2) is 31.0 Å². The SMILES string of the molecule is COc1ccc(NC(=O)C2CCc3sc(NC(=O)c4ccccc4)nc32)c(OC)c1. The van der Waals surface area contributed by atoms with Gasteiger partial charge in [-0.15, -0.1) is 11.3 Å². The Morgan fingerprint density at radius 3 is 2.60 bits per heavy atom. The fourth-order valence-corrected chi connectivity index (χ4v) is 4.45. The summed E-state index contributed by atoms with van der Waals surface area (Å²) in [6.45, 7) is 0. The van der Waals surface area contributed by atoms with Gasteiger partial charge in [0.2, 0.25) is 5.91 Å². The topological polar surface area (TPSA) is 89.6 Å². The Bertz CT molecular complexity index is 1080. The summed E-state index contributed by atoms with van der Waals surface area (Å²) in [6, 6.07) is 14.2. The zero-order valence-corrected chi connectivity index (χ0v) is 17.4. The quantitative estimate of drug-likeness (QED) is 0.624. The van der Waals surface area contributed by atoms with E-state index in [1.165, 1.54) is 11.3 Å². The fraction of sp³-hybridized carbons (Fsp3) is 0.227. The Morgan fingerprint density at radius 1 is 1.07 bits per heavy atom. The number of hydrogen-bond donors (Lipinski definition) is 2. The molecule has 2 amide bonds. The maximum absolute atomic E-state index is 12.9. The van der Waals surface area contributed by atoms with Crippen LogP contribution in [0.2, 0.25) is 0 Å². The molecule has 0 fully saturated rings. The molecule has 0 radical (unpaired) electrons. The first-order chi connectivity index (χ1) is 14.6. The third-order valence-electron chi connectivity index (χ3n) is 4.96. The molecule has 0 saturated carbocycles. The summed E-state index contributed by atoms with van der Waals surface area (Å²) < 4.78 is 10.5. The second-order valence-electron chi connectivity index (χ2n) is 6.79. The van der Waals surface area contributed by atoms with Gasteiger partial charge >= 0.3 is 0 Å². The fourth-order valence-electron chi connectivity index (χ4n) is 3.42. The molecular formula is C22H21N3O4S. The molecule has 30 heavy (non-hydrogen) atoms. The molecule has 1 aliphatic rings. The number of nitrogens with zero attached hydrogens (tertiary/aromatic N) is 1. The molecule has 2 N–H and O–H groups in total. The van der Waals surface area contributed by atoms with Crippen LogP contribution in [0.1, 0.15) is 33.3 Å². The average Bonchev–Trinajstić information content (AvgIpc) is 3.34. The molecular weight excluding hydrogens is 402 g/mol. The second-order valence-corrected chi connectivity index (χ2v) is 7.88. The van der Waals surface area contributed by atoms with Crippen molar-refractivity contribution >= 4 is 34.0 Å². The van der Waals surface area contributed by atoms with Crippen molar-refractivity contribution in [2.24, 2.45) is 0 Å². The van der Waals surface area contributed by atoms with Crippen LogP contribution < -0.4 is 20.1 Å². The molecule has 3 aromatic rings. The molecule has 1 atom stereocenters. The largest absolute Gasteiger partial charge is 0.497 e. The first kappa shape index (κ1) is 19.9. The highest BCUT2D eigenvalue weighted by Crippen LogP contribution is 2.39. The maximum atomic E-state index is 12.9. The van der Waals surface area contributed by atoms with Crippen molar-refractivity contribution in [3.05, 3.63) is 64.7 Å². The van der Waals surface area contributed by atoms with E-state index in [4.69, 9.17) is 9.47 Å². The molecule has 1 aliphatic carbocycles. The molecule has 0 bridgehead atoms. The maximum Gasteiger partial charge on any atom is 0.257 e. The summed E-state index contributed by atoms with van der Waals surface area (Å²) in [6.07, 6.45) is 1.44. The van der Waals surface area contributed by atoms with Crippen molar-refractivity contribution < 1.29 is 19.1 Å². The molecule has 8 heteroatoms. The monoisotopic (exact) mass is 423 g/mol. The van der Waals surface area contributed by atoms with E-state index < -0.39 is 0 Å². The van der Waals surface area contributed by atoms with Crippen LogP contribution in [0.3, 0.4) is 0 Å². The van der Waals surface area contributed by atoms with Crippen LogP contribution in [0.5, 0.6) is 11.5 Å². The molecule has 2 aromatic carbocycles. The third-order valence-corrected chi connectivity index (χ3v) is 6.00. The predicted molar refractivity (Wildman–Crippen MR) is 116 cm³/mol. The molecule has 1 unspecified atom stereocenters. The summed E-state index contributed by atoms with van der Waals surface area (Å²) in [7, 11) is 3.11. The first-order valence-electron chi connectivity index (χ1n) is 9.48. The Morgan fingerprint density at radius 2 is 1.87 bits per heavy atom. The number of rotatable bonds is 6. The minimum atomic E-state index is -0.370. The van der Waals surface area contributed by atoms with Gasteiger partial charge in [0, 0.05) is 16.5 Å². The van der Waals surface area contributed by atoms with E-state index in [1.54, 1.807) is 44.6 Å². The van der Waals surface area contributed by atoms with E-state index in [2.05, 4.69) is 15.6 Å². The Balaban J connectivity index is 1.48. The van der Waals surface area contributed by atoms with E-state index in [1.807, 2.05) is 18.2 Å². The van der Waals surface area contributed by atoms with E-state index in [0.717, 1.165) is 17.0 Å². The van der Waals surface area contributed by atoms with Crippen LogP contribution in [0.15, 0.2) is 48.5 Å². The highest BCUT2D eigenvalue weighted by molar-refractivity contribution is 7.16. The minimum absolute atomic E-state index is 0.150. The lowest BCUT2D eigenvalue weighted by Gasteiger charge is -2.14. The molecule has 1 aromatic heterocycles. The molecule has 0 aliphatic heterocycles. The van der Waals surface area contributed by atoms with Gasteiger partial charge in [0.1, 0.15) is 11.5 Å². The predicted octanol–water partition coefficient (Wildman–Crippen LogP) is 4.08. The average molecular weight is 423 g/mol. The number of carbonyl (C=O) groups is 2. The number of methoxy groups -OCH3 is 2. The molecule has 4 rings (SSSR count). The van der Waals surface area contributed by atoms with Gasteiger partial charge in [-0.2, -0.15) is 0 Å². The first-order valence-corrected chi connectivity index (χ1v) is 10.3. The van der Waals surface area contributed by atoms with Gasteiger partial charge in [0.15, 0.2) is 5.13 Å². The van der Waals surface area contributed by atoms with Crippen LogP contribution in [0, 0.1) is 0 Å². The molecule has 0 saturated heterocycles. The van der Waals surface area contributed by atoms with Gasteiger partial charge in [-0.05, 0) is 37.1 Å². The van der Waals surface area contributed by atoms with Gasteiger partial charge in [-0.25, -0.2) is 4.98 Å². The number of fused-ring (bicyclic) bond motifs is 1. The van der Waals surface area contributed by atoms with Gasteiger partial charge in [-0.1, -0.05) is 18.2 Å². The number of amides is 2. The van der Waals surface area contributed by atoms with E-state index in [0.29, 0.717) is 34.3 Å². The summed E-state index contributed by atoms with van der Waals surface area (Å²) in [4.78, 5) is 30.9. The van der Waals surface area contributed by atoms with Crippen molar-refractivity contribution in [3.8, 4) is 11.5 Å². The summed E-state index contributed by atoms with van der Waals surface area (Å²) in [5.74, 6) is 0.433. The Hall–Kier alpha value is -3.39. The lowest BCUT2D eigenvalue weighted by Crippen LogP contribution is -2.20. The van der Waals surface area contributed by atoms with Crippen molar-refractivity contribution in [1.82, 2.24) is 4.98 Å². The van der Waals surface area contributed by atoms with Crippen LogP contribution in [0.25, 0.3) is 0 Å². The van der Waals surface area contributed by atoms with E-state index in [9.17, 15) is 9.59 Å². The highest BCUT2D eigenvalue weighted by atomic mass is 32.1. The standard InChI is InChI=1S/C22H21N3O4S/c1-28-14-8-10-16(17(12-14)29-2)23-21(27)15-9-11-18-19(15)24-22(30-18)25-20(26)13-6-4-3-5-7-13/h3-8,10,12,15H,9,11H2,1-2H3,(H,23,27)(H,24,25,26). The molecule has 154 valence electrons. The number of anilines is 2. The van der Waals surface area contributed by atoms with E-state index in [-0.39, 0.29) is 17.7 Å². The van der Waals surface area contributed by atoms with Crippen LogP contribution in [0.4, 0.5) is 10.8 Å². The number of aromatic nitrogens is 1. The third kappa shape index (κ3) is 3.99. The van der Waals surface area contributed by atoms with Gasteiger partial charge in [0.05, 0.1) is 31.5 Å². The summed E-state index contributed by atoms with van der Waals surface area (Å²) >= 11 is 1.42. The number of hydrogen-bond acceptors (Lipinski definition) is 6. The van der Waals surface area contributed by atoms with Crippen LogP contribution in [-0.2, 0) is 11.2 Å². The minimum Gasteiger partial charge on any atom is -0.497 e.